The van der Waals surface area contributed by atoms with Crippen molar-refractivity contribution in [3.8, 4) is 0 Å². The maximum atomic E-state index is 13.7. The van der Waals surface area contributed by atoms with Crippen LogP contribution in [0.25, 0.3) is 0 Å². The van der Waals surface area contributed by atoms with Gasteiger partial charge in [-0.05, 0) is 61.4 Å². The van der Waals surface area contributed by atoms with Crippen LogP contribution in [0.1, 0.15) is 21.5 Å². The molecule has 3 aromatic rings. The molecule has 0 spiro atoms. The van der Waals surface area contributed by atoms with Gasteiger partial charge in [0.15, 0.2) is 0 Å². The molecule has 0 saturated carbocycles. The highest BCUT2D eigenvalue weighted by atomic mass is 19.1. The standard InChI is InChI=1S/C20H17F2N3O/c1-12-7-13(2)9-16(8-12)24-20(26)14-5-6-23-19(10-14)25-18-4-3-15(21)11-17(18)22/h3-11H,1-2H3,(H,23,25)(H,24,26). The van der Waals surface area contributed by atoms with Crippen molar-refractivity contribution < 1.29 is 13.6 Å². The van der Waals surface area contributed by atoms with Crippen LogP contribution in [0.5, 0.6) is 0 Å². The Bertz CT molecular complexity index is 953. The molecule has 2 aromatic carbocycles. The van der Waals surface area contributed by atoms with Crippen LogP contribution in [0.2, 0.25) is 0 Å². The Morgan fingerprint density at radius 1 is 0.962 bits per heavy atom. The first kappa shape index (κ1) is 17.5. The Kier molecular flexibility index (Phi) is 4.93. The second-order valence-electron chi connectivity index (χ2n) is 6.01. The summed E-state index contributed by atoms with van der Waals surface area (Å²) in [6, 6.07) is 12.0. The molecule has 0 aliphatic rings. The number of aryl methyl sites for hydroxylation is 2. The average Bonchev–Trinajstić information content (AvgIpc) is 2.57. The van der Waals surface area contributed by atoms with Crippen molar-refractivity contribution in [2.24, 2.45) is 0 Å². The van der Waals surface area contributed by atoms with Crippen LogP contribution >= 0.6 is 0 Å². The monoisotopic (exact) mass is 353 g/mol. The van der Waals surface area contributed by atoms with Crippen molar-refractivity contribution in [2.75, 3.05) is 10.6 Å². The fraction of sp³-hybridized carbons (Fsp3) is 0.100. The molecule has 3 rings (SSSR count). The molecule has 26 heavy (non-hydrogen) atoms. The third-order valence-corrected chi connectivity index (χ3v) is 3.70. The average molecular weight is 353 g/mol. The summed E-state index contributed by atoms with van der Waals surface area (Å²) in [4.78, 5) is 16.5. The summed E-state index contributed by atoms with van der Waals surface area (Å²) in [5, 5.41) is 5.58. The number of nitrogens with one attached hydrogen (secondary N) is 2. The first-order valence-electron chi connectivity index (χ1n) is 7.98. The highest BCUT2D eigenvalue weighted by Crippen LogP contribution is 2.21. The van der Waals surface area contributed by atoms with Crippen LogP contribution in [0.4, 0.5) is 26.0 Å². The van der Waals surface area contributed by atoms with Gasteiger partial charge in [-0.1, -0.05) is 6.07 Å². The number of rotatable bonds is 4. The lowest BCUT2D eigenvalue weighted by atomic mass is 10.1. The highest BCUT2D eigenvalue weighted by Gasteiger charge is 2.10. The molecule has 0 fully saturated rings. The number of amides is 1. The smallest absolute Gasteiger partial charge is 0.255 e. The van der Waals surface area contributed by atoms with Crippen molar-refractivity contribution in [1.82, 2.24) is 4.98 Å². The molecule has 2 N–H and O–H groups in total. The van der Waals surface area contributed by atoms with Crippen LogP contribution in [-0.4, -0.2) is 10.9 Å². The van der Waals surface area contributed by atoms with Crippen molar-refractivity contribution in [3.05, 3.63) is 83.1 Å². The molecule has 0 aliphatic carbocycles. The number of hydrogen-bond acceptors (Lipinski definition) is 3. The minimum Gasteiger partial charge on any atom is -0.338 e. The van der Waals surface area contributed by atoms with E-state index in [1.807, 2.05) is 32.0 Å². The van der Waals surface area contributed by atoms with E-state index in [2.05, 4.69) is 15.6 Å². The molecule has 0 radical (unpaired) electrons. The number of carbonyl (C=O) groups is 1. The molecule has 1 amide bonds. The van der Waals surface area contributed by atoms with Crippen molar-refractivity contribution in [3.63, 3.8) is 0 Å². The van der Waals surface area contributed by atoms with E-state index >= 15 is 0 Å². The molecule has 1 aromatic heterocycles. The summed E-state index contributed by atoms with van der Waals surface area (Å²) in [5.74, 6) is -1.43. The Labute approximate surface area is 149 Å². The number of nitrogens with zero attached hydrogens (tertiary/aromatic N) is 1. The zero-order valence-electron chi connectivity index (χ0n) is 14.3. The van der Waals surface area contributed by atoms with Gasteiger partial charge in [0.25, 0.3) is 5.91 Å². The van der Waals surface area contributed by atoms with Crippen molar-refractivity contribution >= 4 is 23.1 Å². The third-order valence-electron chi connectivity index (χ3n) is 3.70. The SMILES string of the molecule is Cc1cc(C)cc(NC(=O)c2ccnc(Nc3ccc(F)cc3F)c2)c1. The van der Waals surface area contributed by atoms with E-state index in [9.17, 15) is 13.6 Å². The first-order chi connectivity index (χ1) is 12.4. The summed E-state index contributed by atoms with van der Waals surface area (Å²) in [7, 11) is 0. The molecule has 1 heterocycles. The molecule has 0 aliphatic heterocycles. The second kappa shape index (κ2) is 7.31. The Morgan fingerprint density at radius 2 is 1.69 bits per heavy atom. The quantitative estimate of drug-likeness (QED) is 0.696. The van der Waals surface area contributed by atoms with Crippen molar-refractivity contribution in [2.45, 2.75) is 13.8 Å². The Morgan fingerprint density at radius 3 is 2.38 bits per heavy atom. The number of pyridine rings is 1. The number of hydrogen-bond donors (Lipinski definition) is 2. The molecular weight excluding hydrogens is 336 g/mol. The van der Waals surface area contributed by atoms with Crippen LogP contribution in [0.15, 0.2) is 54.7 Å². The normalized spacial score (nSPS) is 10.5. The van der Waals surface area contributed by atoms with Gasteiger partial charge in [0.1, 0.15) is 17.5 Å². The zero-order chi connectivity index (χ0) is 18.7. The number of anilines is 3. The summed E-state index contributed by atoms with van der Waals surface area (Å²) in [6.07, 6.45) is 1.44. The second-order valence-corrected chi connectivity index (χ2v) is 6.01. The van der Waals surface area contributed by atoms with Gasteiger partial charge in [-0.25, -0.2) is 13.8 Å². The van der Waals surface area contributed by atoms with Gasteiger partial charge in [0, 0.05) is 23.5 Å². The largest absolute Gasteiger partial charge is 0.338 e. The molecule has 0 bridgehead atoms. The van der Waals surface area contributed by atoms with Gasteiger partial charge in [-0.15, -0.1) is 0 Å². The van der Waals surface area contributed by atoms with Gasteiger partial charge in [-0.3, -0.25) is 4.79 Å². The van der Waals surface area contributed by atoms with Gasteiger partial charge in [-0.2, -0.15) is 0 Å². The fourth-order valence-corrected chi connectivity index (χ4v) is 2.62. The van der Waals surface area contributed by atoms with E-state index in [4.69, 9.17) is 0 Å². The van der Waals surface area contributed by atoms with E-state index in [0.717, 1.165) is 23.3 Å². The van der Waals surface area contributed by atoms with Crippen LogP contribution in [0.3, 0.4) is 0 Å². The predicted octanol–water partition coefficient (Wildman–Crippen LogP) is 4.97. The lowest BCUT2D eigenvalue weighted by Gasteiger charge is -2.10. The molecule has 6 heteroatoms. The first-order valence-corrected chi connectivity index (χ1v) is 7.98. The summed E-state index contributed by atoms with van der Waals surface area (Å²) in [5.41, 5.74) is 3.23. The maximum absolute atomic E-state index is 13.7. The van der Waals surface area contributed by atoms with Gasteiger partial charge in [0.2, 0.25) is 0 Å². The molecule has 0 unspecified atom stereocenters. The lowest BCUT2D eigenvalue weighted by molar-refractivity contribution is 0.102. The summed E-state index contributed by atoms with van der Waals surface area (Å²) < 4.78 is 26.7. The molecule has 0 atom stereocenters. The number of carbonyl (C=O) groups excluding carboxylic acids is 1. The van der Waals surface area contributed by atoms with Gasteiger partial charge < -0.3 is 10.6 Å². The van der Waals surface area contributed by atoms with Gasteiger partial charge in [0.05, 0.1) is 5.69 Å². The minimum absolute atomic E-state index is 0.0748. The summed E-state index contributed by atoms with van der Waals surface area (Å²) in [6.45, 7) is 3.91. The van der Waals surface area contributed by atoms with Crippen LogP contribution in [-0.2, 0) is 0 Å². The number of benzene rings is 2. The van der Waals surface area contributed by atoms with E-state index in [1.165, 1.54) is 18.3 Å². The maximum Gasteiger partial charge on any atom is 0.255 e. The van der Waals surface area contributed by atoms with Crippen LogP contribution in [0, 0.1) is 25.5 Å². The molecule has 0 saturated heterocycles. The highest BCUT2D eigenvalue weighted by molar-refractivity contribution is 6.04. The van der Waals surface area contributed by atoms with Crippen molar-refractivity contribution in [1.29, 1.82) is 0 Å². The van der Waals surface area contributed by atoms with Crippen LogP contribution < -0.4 is 10.6 Å². The molecule has 132 valence electrons. The van der Waals surface area contributed by atoms with E-state index < -0.39 is 11.6 Å². The van der Waals surface area contributed by atoms with E-state index in [-0.39, 0.29) is 17.4 Å². The minimum atomic E-state index is -0.739. The van der Waals surface area contributed by atoms with E-state index in [1.54, 1.807) is 6.07 Å². The Balaban J connectivity index is 1.78. The third kappa shape index (κ3) is 4.22. The Hall–Kier alpha value is -3.28. The molecular formula is C20H17F2N3O. The number of halogens is 2. The lowest BCUT2D eigenvalue weighted by Crippen LogP contribution is -2.12. The van der Waals surface area contributed by atoms with E-state index in [0.29, 0.717) is 11.3 Å². The topological polar surface area (TPSA) is 54.0 Å². The fourth-order valence-electron chi connectivity index (χ4n) is 2.62. The zero-order valence-corrected chi connectivity index (χ0v) is 14.3. The van der Waals surface area contributed by atoms with Gasteiger partial charge >= 0.3 is 0 Å². The summed E-state index contributed by atoms with van der Waals surface area (Å²) >= 11 is 0. The molecule has 4 nitrogen and oxygen atoms in total. The predicted molar refractivity (Wildman–Crippen MR) is 97.7 cm³/mol. The number of aromatic nitrogens is 1.